The maximum atomic E-state index is 6.18. The standard InChI is InChI=1S/C12H20ClN3O/c1-5-17-12-9(4)11(15-7-16-12)14-6-10(13)8(2)3/h7-8,10H,5-6H2,1-4H3,(H,14,15,16). The van der Waals surface area contributed by atoms with Crippen molar-refractivity contribution in [2.45, 2.75) is 33.1 Å². The molecule has 1 heterocycles. The second-order valence-electron chi connectivity index (χ2n) is 4.23. The van der Waals surface area contributed by atoms with E-state index in [1.54, 1.807) is 0 Å². The van der Waals surface area contributed by atoms with E-state index in [1.807, 2.05) is 13.8 Å². The summed E-state index contributed by atoms with van der Waals surface area (Å²) in [4.78, 5) is 8.28. The minimum atomic E-state index is 0.0832. The summed E-state index contributed by atoms with van der Waals surface area (Å²) in [5.74, 6) is 1.84. The third-order valence-electron chi connectivity index (χ3n) is 2.51. The van der Waals surface area contributed by atoms with Crippen molar-refractivity contribution >= 4 is 17.4 Å². The zero-order valence-corrected chi connectivity index (χ0v) is 11.6. The van der Waals surface area contributed by atoms with E-state index >= 15 is 0 Å². The van der Waals surface area contributed by atoms with Gasteiger partial charge in [-0.2, -0.15) is 0 Å². The van der Waals surface area contributed by atoms with Crippen LogP contribution in [0, 0.1) is 12.8 Å². The molecule has 0 fully saturated rings. The minimum absolute atomic E-state index is 0.0832. The Bertz CT molecular complexity index is 358. The fraction of sp³-hybridized carbons (Fsp3) is 0.667. The quantitative estimate of drug-likeness (QED) is 0.796. The first-order valence-corrected chi connectivity index (χ1v) is 6.32. The molecule has 1 aromatic heterocycles. The van der Waals surface area contributed by atoms with Crippen molar-refractivity contribution in [3.05, 3.63) is 11.9 Å². The van der Waals surface area contributed by atoms with Crippen LogP contribution in [0.2, 0.25) is 0 Å². The number of anilines is 1. The molecular weight excluding hydrogens is 238 g/mol. The van der Waals surface area contributed by atoms with Crippen LogP contribution in [0.15, 0.2) is 6.33 Å². The number of ether oxygens (including phenoxy) is 1. The van der Waals surface area contributed by atoms with Crippen molar-refractivity contribution in [1.29, 1.82) is 0 Å². The highest BCUT2D eigenvalue weighted by molar-refractivity contribution is 6.21. The van der Waals surface area contributed by atoms with Crippen molar-refractivity contribution in [1.82, 2.24) is 9.97 Å². The lowest BCUT2D eigenvalue weighted by Gasteiger charge is -2.16. The molecule has 1 atom stereocenters. The number of halogens is 1. The first kappa shape index (κ1) is 14.0. The van der Waals surface area contributed by atoms with Gasteiger partial charge in [-0.1, -0.05) is 13.8 Å². The average molecular weight is 258 g/mol. The van der Waals surface area contributed by atoms with Crippen LogP contribution in [0.25, 0.3) is 0 Å². The second kappa shape index (κ2) is 6.64. The summed E-state index contributed by atoms with van der Waals surface area (Å²) in [6, 6.07) is 0. The van der Waals surface area contributed by atoms with E-state index in [2.05, 4.69) is 29.1 Å². The average Bonchev–Trinajstić information content (AvgIpc) is 2.30. The first-order chi connectivity index (χ1) is 8.06. The minimum Gasteiger partial charge on any atom is -0.478 e. The Labute approximate surface area is 108 Å². The van der Waals surface area contributed by atoms with Gasteiger partial charge in [0, 0.05) is 6.54 Å². The van der Waals surface area contributed by atoms with Crippen molar-refractivity contribution in [3.63, 3.8) is 0 Å². The van der Waals surface area contributed by atoms with E-state index in [0.29, 0.717) is 24.9 Å². The third-order valence-corrected chi connectivity index (χ3v) is 3.17. The van der Waals surface area contributed by atoms with Crippen LogP contribution in [-0.2, 0) is 0 Å². The van der Waals surface area contributed by atoms with Gasteiger partial charge in [0.25, 0.3) is 0 Å². The lowest BCUT2D eigenvalue weighted by Crippen LogP contribution is -2.20. The zero-order chi connectivity index (χ0) is 12.8. The van der Waals surface area contributed by atoms with Gasteiger partial charge in [-0.3, -0.25) is 0 Å². The highest BCUT2D eigenvalue weighted by Gasteiger charge is 2.12. The van der Waals surface area contributed by atoms with Gasteiger partial charge in [-0.05, 0) is 19.8 Å². The van der Waals surface area contributed by atoms with Crippen LogP contribution in [0.5, 0.6) is 5.88 Å². The number of nitrogens with zero attached hydrogens (tertiary/aromatic N) is 2. The van der Waals surface area contributed by atoms with Gasteiger partial charge in [-0.25, -0.2) is 9.97 Å². The van der Waals surface area contributed by atoms with Crippen molar-refractivity contribution in [2.75, 3.05) is 18.5 Å². The smallest absolute Gasteiger partial charge is 0.221 e. The van der Waals surface area contributed by atoms with Crippen molar-refractivity contribution < 1.29 is 4.74 Å². The molecule has 0 saturated carbocycles. The Hall–Kier alpha value is -1.03. The molecule has 0 aliphatic heterocycles. The Morgan fingerprint density at radius 3 is 2.71 bits per heavy atom. The summed E-state index contributed by atoms with van der Waals surface area (Å²) in [6.07, 6.45) is 1.50. The van der Waals surface area contributed by atoms with E-state index in [0.717, 1.165) is 11.4 Å². The summed E-state index contributed by atoms with van der Waals surface area (Å²) >= 11 is 6.18. The molecule has 0 amide bonds. The molecule has 1 N–H and O–H groups in total. The maximum absolute atomic E-state index is 6.18. The van der Waals surface area contributed by atoms with Gasteiger partial charge in [-0.15, -0.1) is 11.6 Å². The molecule has 5 heteroatoms. The van der Waals surface area contributed by atoms with Crippen LogP contribution in [-0.4, -0.2) is 28.5 Å². The predicted molar refractivity (Wildman–Crippen MR) is 70.9 cm³/mol. The Morgan fingerprint density at radius 2 is 2.12 bits per heavy atom. The summed E-state index contributed by atoms with van der Waals surface area (Å²) in [5.41, 5.74) is 0.918. The lowest BCUT2D eigenvalue weighted by atomic mass is 10.1. The fourth-order valence-corrected chi connectivity index (χ4v) is 1.40. The number of aromatic nitrogens is 2. The maximum Gasteiger partial charge on any atom is 0.221 e. The second-order valence-corrected chi connectivity index (χ2v) is 4.79. The van der Waals surface area contributed by atoms with Crippen LogP contribution in [0.4, 0.5) is 5.82 Å². The molecule has 1 unspecified atom stereocenters. The molecule has 0 bridgehead atoms. The number of rotatable bonds is 6. The normalized spacial score (nSPS) is 12.6. The number of hydrogen-bond donors (Lipinski definition) is 1. The highest BCUT2D eigenvalue weighted by Crippen LogP contribution is 2.21. The summed E-state index contributed by atoms with van der Waals surface area (Å²) in [7, 11) is 0. The largest absolute Gasteiger partial charge is 0.478 e. The predicted octanol–water partition coefficient (Wildman–Crippen LogP) is 2.86. The van der Waals surface area contributed by atoms with Crippen LogP contribution < -0.4 is 10.1 Å². The molecule has 1 aromatic rings. The molecule has 0 radical (unpaired) electrons. The SMILES string of the molecule is CCOc1ncnc(NCC(Cl)C(C)C)c1C. The Morgan fingerprint density at radius 1 is 1.41 bits per heavy atom. The Kier molecular flexibility index (Phi) is 5.48. The van der Waals surface area contributed by atoms with E-state index in [-0.39, 0.29) is 5.38 Å². The fourth-order valence-electron chi connectivity index (χ4n) is 1.32. The molecule has 0 saturated heterocycles. The molecule has 17 heavy (non-hydrogen) atoms. The third kappa shape index (κ3) is 4.04. The van der Waals surface area contributed by atoms with Gasteiger partial charge in [0.15, 0.2) is 0 Å². The zero-order valence-electron chi connectivity index (χ0n) is 10.8. The van der Waals surface area contributed by atoms with Gasteiger partial charge < -0.3 is 10.1 Å². The van der Waals surface area contributed by atoms with E-state index in [4.69, 9.17) is 16.3 Å². The molecule has 0 aromatic carbocycles. The lowest BCUT2D eigenvalue weighted by molar-refractivity contribution is 0.324. The van der Waals surface area contributed by atoms with E-state index < -0.39 is 0 Å². The Balaban J connectivity index is 2.68. The number of alkyl halides is 1. The van der Waals surface area contributed by atoms with Crippen molar-refractivity contribution in [2.24, 2.45) is 5.92 Å². The van der Waals surface area contributed by atoms with Gasteiger partial charge in [0.1, 0.15) is 12.1 Å². The number of hydrogen-bond acceptors (Lipinski definition) is 4. The summed E-state index contributed by atoms with van der Waals surface area (Å²) in [6.45, 7) is 9.34. The topological polar surface area (TPSA) is 47.0 Å². The highest BCUT2D eigenvalue weighted by atomic mass is 35.5. The number of nitrogens with one attached hydrogen (secondary N) is 1. The van der Waals surface area contributed by atoms with Gasteiger partial charge in [0.2, 0.25) is 5.88 Å². The molecule has 0 spiro atoms. The summed E-state index contributed by atoms with van der Waals surface area (Å²) < 4.78 is 5.41. The van der Waals surface area contributed by atoms with E-state index in [9.17, 15) is 0 Å². The summed E-state index contributed by atoms with van der Waals surface area (Å²) in [5, 5.41) is 3.31. The molecule has 1 rings (SSSR count). The van der Waals surface area contributed by atoms with Crippen LogP contribution in [0.1, 0.15) is 26.3 Å². The molecule has 0 aliphatic rings. The molecule has 4 nitrogen and oxygen atoms in total. The van der Waals surface area contributed by atoms with E-state index in [1.165, 1.54) is 6.33 Å². The molecule has 0 aliphatic carbocycles. The van der Waals surface area contributed by atoms with Crippen LogP contribution in [0.3, 0.4) is 0 Å². The van der Waals surface area contributed by atoms with Crippen LogP contribution >= 0.6 is 11.6 Å². The first-order valence-electron chi connectivity index (χ1n) is 5.88. The van der Waals surface area contributed by atoms with Crippen molar-refractivity contribution in [3.8, 4) is 5.88 Å². The molecular formula is C12H20ClN3O. The van der Waals surface area contributed by atoms with Gasteiger partial charge in [0.05, 0.1) is 17.5 Å². The molecule has 96 valence electrons. The monoisotopic (exact) mass is 257 g/mol. The van der Waals surface area contributed by atoms with Gasteiger partial charge >= 0.3 is 0 Å².